The Morgan fingerprint density at radius 2 is 1.63 bits per heavy atom. The van der Waals surface area contributed by atoms with E-state index in [1.165, 1.54) is 28.6 Å². The molecule has 1 fully saturated rings. The Hall–Kier alpha value is -1.47. The molecule has 104 valence electrons. The maximum Gasteiger partial charge on any atom is 0.269 e. The second kappa shape index (κ2) is 4.90. The summed E-state index contributed by atoms with van der Waals surface area (Å²) in [6.07, 6.45) is 1.68. The number of non-ortho nitro benzene ring substituents is 1. The summed E-state index contributed by atoms with van der Waals surface area (Å²) < 4.78 is 26.5. The predicted octanol–water partition coefficient (Wildman–Crippen LogP) is 2.16. The highest BCUT2D eigenvalue weighted by Gasteiger charge is 2.37. The van der Waals surface area contributed by atoms with Crippen LogP contribution in [-0.2, 0) is 10.0 Å². The molecule has 0 unspecified atom stereocenters. The zero-order valence-electron chi connectivity index (χ0n) is 10.8. The molecule has 0 spiro atoms. The van der Waals surface area contributed by atoms with Gasteiger partial charge in [0.25, 0.3) is 5.69 Å². The quantitative estimate of drug-likeness (QED) is 0.629. The van der Waals surface area contributed by atoms with Crippen LogP contribution in [0.5, 0.6) is 0 Å². The van der Waals surface area contributed by atoms with Crippen LogP contribution in [0, 0.1) is 10.1 Å². The van der Waals surface area contributed by atoms with Crippen LogP contribution in [-0.4, -0.2) is 29.7 Å². The summed E-state index contributed by atoms with van der Waals surface area (Å²) >= 11 is 0. The Morgan fingerprint density at radius 3 is 2.05 bits per heavy atom. The van der Waals surface area contributed by atoms with Crippen LogP contribution in [0.4, 0.5) is 5.69 Å². The van der Waals surface area contributed by atoms with Gasteiger partial charge in [0, 0.05) is 24.2 Å². The third-order valence-corrected chi connectivity index (χ3v) is 5.64. The molecule has 1 heterocycles. The minimum absolute atomic E-state index is 0.0322. The maximum absolute atomic E-state index is 12.5. The first-order valence-corrected chi connectivity index (χ1v) is 7.56. The first kappa shape index (κ1) is 14.0. The van der Waals surface area contributed by atoms with E-state index in [9.17, 15) is 18.5 Å². The van der Waals surface area contributed by atoms with Gasteiger partial charge >= 0.3 is 0 Å². The Labute approximate surface area is 112 Å². The molecule has 0 saturated carbocycles. The van der Waals surface area contributed by atoms with Gasteiger partial charge in [-0.1, -0.05) is 0 Å². The number of nitrogens with zero attached hydrogens (tertiary/aromatic N) is 2. The van der Waals surface area contributed by atoms with Crippen molar-refractivity contribution >= 4 is 15.7 Å². The summed E-state index contributed by atoms with van der Waals surface area (Å²) in [5.74, 6) is 0. The van der Waals surface area contributed by atoms with Crippen molar-refractivity contribution < 1.29 is 13.3 Å². The summed E-state index contributed by atoms with van der Waals surface area (Å²) in [7, 11) is -3.57. The molecule has 1 aromatic rings. The third kappa shape index (κ3) is 2.48. The van der Waals surface area contributed by atoms with E-state index in [0.29, 0.717) is 0 Å². The second-order valence-corrected chi connectivity index (χ2v) is 6.70. The minimum atomic E-state index is -3.57. The average molecular weight is 284 g/mol. The number of benzene rings is 1. The van der Waals surface area contributed by atoms with E-state index in [-0.39, 0.29) is 22.7 Å². The van der Waals surface area contributed by atoms with Crippen molar-refractivity contribution in [3.05, 3.63) is 34.4 Å². The fourth-order valence-corrected chi connectivity index (χ4v) is 4.39. The molecule has 2 rings (SSSR count). The van der Waals surface area contributed by atoms with Crippen LogP contribution >= 0.6 is 0 Å². The lowest BCUT2D eigenvalue weighted by Gasteiger charge is -2.25. The van der Waals surface area contributed by atoms with Crippen LogP contribution in [0.15, 0.2) is 29.2 Å². The van der Waals surface area contributed by atoms with E-state index in [0.717, 1.165) is 12.8 Å². The molecule has 0 bridgehead atoms. The van der Waals surface area contributed by atoms with Crippen LogP contribution in [0.1, 0.15) is 26.7 Å². The zero-order valence-corrected chi connectivity index (χ0v) is 11.6. The van der Waals surface area contributed by atoms with Crippen molar-refractivity contribution in [2.75, 3.05) is 0 Å². The van der Waals surface area contributed by atoms with Gasteiger partial charge in [0.05, 0.1) is 9.82 Å². The number of sulfonamides is 1. The molecule has 6 nitrogen and oxygen atoms in total. The highest BCUT2D eigenvalue weighted by atomic mass is 32.2. The van der Waals surface area contributed by atoms with Crippen molar-refractivity contribution in [2.45, 2.75) is 43.7 Å². The molecule has 0 amide bonds. The van der Waals surface area contributed by atoms with Gasteiger partial charge in [0.1, 0.15) is 0 Å². The van der Waals surface area contributed by atoms with Crippen LogP contribution in [0.2, 0.25) is 0 Å². The van der Waals surface area contributed by atoms with E-state index < -0.39 is 14.9 Å². The lowest BCUT2D eigenvalue weighted by molar-refractivity contribution is -0.384. The van der Waals surface area contributed by atoms with Gasteiger partial charge in [-0.2, -0.15) is 4.31 Å². The first-order valence-electron chi connectivity index (χ1n) is 6.12. The van der Waals surface area contributed by atoms with Crippen molar-refractivity contribution in [3.63, 3.8) is 0 Å². The average Bonchev–Trinajstić information content (AvgIpc) is 2.69. The van der Waals surface area contributed by atoms with Crippen LogP contribution in [0.3, 0.4) is 0 Å². The van der Waals surface area contributed by atoms with Crippen molar-refractivity contribution in [3.8, 4) is 0 Å². The predicted molar refractivity (Wildman–Crippen MR) is 70.3 cm³/mol. The molecular weight excluding hydrogens is 268 g/mol. The SMILES string of the molecule is C[C@H]1CC[C@H](C)N1S(=O)(=O)c1ccc([N+](=O)[O-])cc1. The largest absolute Gasteiger partial charge is 0.269 e. The molecule has 1 saturated heterocycles. The minimum Gasteiger partial charge on any atom is -0.258 e. The Kier molecular flexibility index (Phi) is 3.60. The van der Waals surface area contributed by atoms with Crippen molar-refractivity contribution in [1.29, 1.82) is 0 Å². The van der Waals surface area contributed by atoms with Crippen LogP contribution in [0.25, 0.3) is 0 Å². The highest BCUT2D eigenvalue weighted by Crippen LogP contribution is 2.31. The Bertz CT molecular complexity index is 572. The molecule has 0 N–H and O–H groups in total. The molecule has 19 heavy (non-hydrogen) atoms. The number of nitro benzene ring substituents is 1. The van der Waals surface area contributed by atoms with Crippen LogP contribution < -0.4 is 0 Å². The van der Waals surface area contributed by atoms with Gasteiger partial charge in [-0.15, -0.1) is 0 Å². The molecule has 0 radical (unpaired) electrons. The lowest BCUT2D eigenvalue weighted by Crippen LogP contribution is -2.38. The van der Waals surface area contributed by atoms with E-state index in [1.54, 1.807) is 0 Å². The van der Waals surface area contributed by atoms with Gasteiger partial charge in [0.2, 0.25) is 10.0 Å². The van der Waals surface area contributed by atoms with Gasteiger partial charge in [-0.05, 0) is 38.8 Å². The molecule has 1 aromatic carbocycles. The number of nitro groups is 1. The number of hydrogen-bond acceptors (Lipinski definition) is 4. The van der Waals surface area contributed by atoms with Gasteiger partial charge in [0.15, 0.2) is 0 Å². The van der Waals surface area contributed by atoms with Crippen molar-refractivity contribution in [1.82, 2.24) is 4.31 Å². The fourth-order valence-electron chi connectivity index (χ4n) is 2.51. The van der Waals surface area contributed by atoms with E-state index in [2.05, 4.69) is 0 Å². The standard InChI is InChI=1S/C12H16N2O4S/c1-9-3-4-10(2)13(9)19(17,18)12-7-5-11(6-8-12)14(15)16/h5-10H,3-4H2,1-2H3/t9-,10-/m0/s1. The van der Waals surface area contributed by atoms with Crippen molar-refractivity contribution in [2.24, 2.45) is 0 Å². The molecular formula is C12H16N2O4S. The summed E-state index contributed by atoms with van der Waals surface area (Å²) in [5, 5.41) is 10.6. The smallest absolute Gasteiger partial charge is 0.258 e. The normalized spacial score (nSPS) is 24.5. The first-order chi connectivity index (χ1) is 8.84. The molecule has 2 atom stereocenters. The van der Waals surface area contributed by atoms with E-state index in [1.807, 2.05) is 13.8 Å². The maximum atomic E-state index is 12.5. The van der Waals surface area contributed by atoms with Gasteiger partial charge in [-0.3, -0.25) is 10.1 Å². The lowest BCUT2D eigenvalue weighted by atomic mass is 10.2. The molecule has 0 aliphatic carbocycles. The summed E-state index contributed by atoms with van der Waals surface area (Å²) in [4.78, 5) is 10.1. The monoisotopic (exact) mass is 284 g/mol. The third-order valence-electron chi connectivity index (χ3n) is 3.49. The Balaban J connectivity index is 2.37. The molecule has 0 aromatic heterocycles. The summed E-state index contributed by atoms with van der Waals surface area (Å²) in [6.45, 7) is 3.76. The molecule has 1 aliphatic heterocycles. The van der Waals surface area contributed by atoms with Gasteiger partial charge in [-0.25, -0.2) is 8.42 Å². The summed E-state index contributed by atoms with van der Waals surface area (Å²) in [6, 6.07) is 4.97. The van der Waals surface area contributed by atoms with Gasteiger partial charge < -0.3 is 0 Å². The Morgan fingerprint density at radius 1 is 1.16 bits per heavy atom. The second-order valence-electron chi connectivity index (χ2n) is 4.86. The number of rotatable bonds is 3. The molecule has 1 aliphatic rings. The number of hydrogen-bond donors (Lipinski definition) is 0. The topological polar surface area (TPSA) is 80.5 Å². The zero-order chi connectivity index (χ0) is 14.2. The fraction of sp³-hybridized carbons (Fsp3) is 0.500. The van der Waals surface area contributed by atoms with E-state index in [4.69, 9.17) is 0 Å². The van der Waals surface area contributed by atoms with E-state index >= 15 is 0 Å². The highest BCUT2D eigenvalue weighted by molar-refractivity contribution is 7.89. The summed E-state index contributed by atoms with van der Waals surface area (Å²) in [5.41, 5.74) is -0.110. The molecule has 7 heteroatoms.